The Morgan fingerprint density at radius 2 is 1.83 bits per heavy atom. The van der Waals surface area contributed by atoms with Crippen LogP contribution in [0.2, 0.25) is 0 Å². The first-order valence-corrected chi connectivity index (χ1v) is 9.31. The summed E-state index contributed by atoms with van der Waals surface area (Å²) >= 11 is 0. The van der Waals surface area contributed by atoms with E-state index in [4.69, 9.17) is 20.4 Å². The van der Waals surface area contributed by atoms with Gasteiger partial charge in [0.2, 0.25) is 0 Å². The average molecular weight is 445 g/mol. The number of rotatable bonds is 7. The van der Waals surface area contributed by atoms with Gasteiger partial charge in [0, 0.05) is 17.3 Å². The maximum Gasteiger partial charge on any atom is 0.446 e. The van der Waals surface area contributed by atoms with Gasteiger partial charge in [0.15, 0.2) is 0 Å². The molecule has 0 aliphatic heterocycles. The molecule has 2 aromatic rings. The summed E-state index contributed by atoms with van der Waals surface area (Å²) in [6.45, 7) is -0.543. The van der Waals surface area contributed by atoms with E-state index in [1.807, 2.05) is 0 Å². The lowest BCUT2D eigenvalue weighted by Crippen LogP contribution is -2.14. The van der Waals surface area contributed by atoms with Crippen molar-refractivity contribution in [1.29, 1.82) is 0 Å². The van der Waals surface area contributed by atoms with Crippen LogP contribution in [0.3, 0.4) is 0 Å². The fraction of sp³-hybridized carbons (Fsp3) is 0.167. The highest BCUT2D eigenvalue weighted by Crippen LogP contribution is 2.30. The van der Waals surface area contributed by atoms with E-state index in [0.717, 1.165) is 30.3 Å². The van der Waals surface area contributed by atoms with Gasteiger partial charge in [-0.2, -0.15) is 21.6 Å². The minimum absolute atomic E-state index is 0.0245. The Morgan fingerprint density at radius 1 is 1.17 bits per heavy atom. The average Bonchev–Trinajstić information content (AvgIpc) is 2.64. The van der Waals surface area contributed by atoms with E-state index in [-0.39, 0.29) is 36.0 Å². The number of anilines is 1. The lowest BCUT2D eigenvalue weighted by molar-refractivity contribution is -0.137. The monoisotopic (exact) mass is 445 g/mol. The van der Waals surface area contributed by atoms with E-state index in [9.17, 15) is 26.4 Å². The number of carbonyl (C=O) groups excluding carboxylic acids is 1. The van der Waals surface area contributed by atoms with E-state index in [1.165, 1.54) is 12.1 Å². The number of amides is 1. The molecule has 0 aliphatic carbocycles. The standard InChI is InChI=1S/C18H14F3NO7S/c1-2-9-27-16-10-15(29-30(24,25)26)8-3-12(16)11-28-17(23)22-14-6-4-13(5-7-14)18(19,20)21/h1,3-8,10H,9,11H2,(H,22,23)(H,24,25,26). The van der Waals surface area contributed by atoms with Gasteiger partial charge in [-0.3, -0.25) is 9.87 Å². The number of alkyl halides is 3. The quantitative estimate of drug-likeness (QED) is 0.494. The zero-order valence-corrected chi connectivity index (χ0v) is 15.8. The second-order valence-corrected chi connectivity index (χ2v) is 6.57. The second kappa shape index (κ2) is 9.38. The number of carbonyl (C=O) groups is 1. The van der Waals surface area contributed by atoms with Crippen molar-refractivity contribution >= 4 is 22.2 Å². The third-order valence-corrected chi connectivity index (χ3v) is 3.77. The molecule has 0 fully saturated rings. The fourth-order valence-electron chi connectivity index (χ4n) is 2.12. The van der Waals surface area contributed by atoms with Crippen LogP contribution in [-0.4, -0.2) is 25.7 Å². The van der Waals surface area contributed by atoms with Gasteiger partial charge in [0.25, 0.3) is 0 Å². The molecule has 0 aromatic heterocycles. The molecule has 0 radical (unpaired) electrons. The van der Waals surface area contributed by atoms with Crippen molar-refractivity contribution in [3.05, 3.63) is 53.6 Å². The van der Waals surface area contributed by atoms with Gasteiger partial charge in [-0.25, -0.2) is 4.79 Å². The smallest absolute Gasteiger partial charge is 0.446 e. The van der Waals surface area contributed by atoms with E-state index in [0.29, 0.717) is 0 Å². The van der Waals surface area contributed by atoms with Crippen LogP contribution in [0.15, 0.2) is 42.5 Å². The first-order valence-electron chi connectivity index (χ1n) is 7.95. The topological polar surface area (TPSA) is 111 Å². The van der Waals surface area contributed by atoms with Gasteiger partial charge in [-0.05, 0) is 36.4 Å². The number of halogens is 3. The lowest BCUT2D eigenvalue weighted by Gasteiger charge is -2.13. The van der Waals surface area contributed by atoms with Crippen molar-refractivity contribution in [2.75, 3.05) is 11.9 Å². The molecule has 2 aromatic carbocycles. The zero-order valence-electron chi connectivity index (χ0n) is 15.0. The van der Waals surface area contributed by atoms with Gasteiger partial charge in [0.1, 0.15) is 24.7 Å². The van der Waals surface area contributed by atoms with Crippen LogP contribution in [-0.2, 0) is 27.9 Å². The fourth-order valence-corrected chi connectivity index (χ4v) is 2.47. The number of benzene rings is 2. The highest BCUT2D eigenvalue weighted by Gasteiger charge is 2.30. The van der Waals surface area contributed by atoms with Crippen LogP contribution < -0.4 is 14.2 Å². The summed E-state index contributed by atoms with van der Waals surface area (Å²) < 4.78 is 82.5. The second-order valence-electron chi connectivity index (χ2n) is 5.55. The number of nitrogens with one attached hydrogen (secondary N) is 1. The van der Waals surface area contributed by atoms with Crippen LogP contribution >= 0.6 is 0 Å². The number of hydrogen-bond acceptors (Lipinski definition) is 6. The van der Waals surface area contributed by atoms with Gasteiger partial charge >= 0.3 is 22.7 Å². The number of hydrogen-bond donors (Lipinski definition) is 2. The van der Waals surface area contributed by atoms with Crippen LogP contribution in [0.25, 0.3) is 0 Å². The van der Waals surface area contributed by atoms with Crippen LogP contribution in [0.4, 0.5) is 23.7 Å². The first-order chi connectivity index (χ1) is 14.0. The molecule has 0 aliphatic rings. The predicted molar refractivity (Wildman–Crippen MR) is 98.2 cm³/mol. The molecular formula is C18H14F3NO7S. The van der Waals surface area contributed by atoms with E-state index >= 15 is 0 Å². The molecule has 0 atom stereocenters. The summed E-state index contributed by atoms with van der Waals surface area (Å²) in [5.41, 5.74) is -0.520. The van der Waals surface area contributed by atoms with Gasteiger partial charge in [0.05, 0.1) is 5.56 Å². The van der Waals surface area contributed by atoms with Crippen LogP contribution in [0, 0.1) is 12.3 Å². The van der Waals surface area contributed by atoms with Gasteiger partial charge in [-0.15, -0.1) is 6.42 Å². The summed E-state index contributed by atoms with van der Waals surface area (Å²) in [7, 11) is -4.76. The zero-order chi connectivity index (χ0) is 22.4. The minimum Gasteiger partial charge on any atom is -0.480 e. The first kappa shape index (κ1) is 22.9. The van der Waals surface area contributed by atoms with Crippen LogP contribution in [0.5, 0.6) is 11.5 Å². The molecule has 0 saturated heterocycles. The van der Waals surface area contributed by atoms with Gasteiger partial charge < -0.3 is 13.7 Å². The molecular weight excluding hydrogens is 431 g/mol. The van der Waals surface area contributed by atoms with Crippen molar-refractivity contribution < 1.29 is 44.6 Å². The molecule has 1 amide bonds. The molecule has 0 bridgehead atoms. The Bertz CT molecular complexity index is 1040. The molecule has 2 N–H and O–H groups in total. The lowest BCUT2D eigenvalue weighted by atomic mass is 10.2. The summed E-state index contributed by atoms with van der Waals surface area (Å²) in [4.78, 5) is 11.9. The Morgan fingerprint density at radius 3 is 2.40 bits per heavy atom. The normalized spacial score (nSPS) is 11.3. The summed E-state index contributed by atoms with van der Waals surface area (Å²) in [6.07, 6.45) is -0.359. The molecule has 160 valence electrons. The molecule has 30 heavy (non-hydrogen) atoms. The summed E-state index contributed by atoms with van der Waals surface area (Å²) in [5, 5.41) is 2.26. The molecule has 2 rings (SSSR count). The van der Waals surface area contributed by atoms with Gasteiger partial charge in [-0.1, -0.05) is 5.92 Å². The van der Waals surface area contributed by atoms with Crippen molar-refractivity contribution in [3.63, 3.8) is 0 Å². The van der Waals surface area contributed by atoms with Crippen molar-refractivity contribution in [2.45, 2.75) is 12.8 Å². The Hall–Kier alpha value is -3.43. The highest BCUT2D eigenvalue weighted by atomic mass is 32.3. The third-order valence-electron chi connectivity index (χ3n) is 3.37. The maximum absolute atomic E-state index is 12.5. The molecule has 0 spiro atoms. The summed E-state index contributed by atoms with van der Waals surface area (Å²) in [5.74, 6) is 1.94. The molecule has 0 saturated carbocycles. The number of terminal acetylenes is 1. The predicted octanol–water partition coefficient (Wildman–Crippen LogP) is 3.65. The third kappa shape index (κ3) is 7.19. The highest BCUT2D eigenvalue weighted by molar-refractivity contribution is 7.81. The Kier molecular flexibility index (Phi) is 7.14. The maximum atomic E-state index is 12.5. The van der Waals surface area contributed by atoms with E-state index in [2.05, 4.69) is 15.4 Å². The van der Waals surface area contributed by atoms with Crippen molar-refractivity contribution in [3.8, 4) is 23.8 Å². The van der Waals surface area contributed by atoms with E-state index in [1.54, 1.807) is 0 Å². The largest absolute Gasteiger partial charge is 0.480 e. The van der Waals surface area contributed by atoms with E-state index < -0.39 is 28.2 Å². The molecule has 8 nitrogen and oxygen atoms in total. The Labute approximate surface area is 169 Å². The SMILES string of the molecule is C#CCOc1cc(OS(=O)(=O)O)ccc1COC(=O)Nc1ccc(C(F)(F)F)cc1. The van der Waals surface area contributed by atoms with Crippen molar-refractivity contribution in [1.82, 2.24) is 0 Å². The molecule has 12 heteroatoms. The summed E-state index contributed by atoms with van der Waals surface area (Å²) in [6, 6.07) is 7.31. The molecule has 0 unspecified atom stereocenters. The molecule has 0 heterocycles. The van der Waals surface area contributed by atoms with Crippen LogP contribution in [0.1, 0.15) is 11.1 Å². The Balaban J connectivity index is 2.04. The van der Waals surface area contributed by atoms with Crippen molar-refractivity contribution in [2.24, 2.45) is 0 Å². The minimum atomic E-state index is -4.76. The number of ether oxygens (including phenoxy) is 2.